The first-order valence-corrected chi connectivity index (χ1v) is 10.0. The minimum Gasteiger partial charge on any atom is -0.302 e. The quantitative estimate of drug-likeness (QED) is 0.383. The highest BCUT2D eigenvalue weighted by atomic mass is 32.2. The molecular formula is C18H19N5OS2. The minimum absolute atomic E-state index is 0.174. The highest BCUT2D eigenvalue weighted by molar-refractivity contribution is 7.99. The Morgan fingerprint density at radius 1 is 1.31 bits per heavy atom. The van der Waals surface area contributed by atoms with E-state index in [0.29, 0.717) is 0 Å². The van der Waals surface area contributed by atoms with Crippen molar-refractivity contribution in [2.45, 2.75) is 25.5 Å². The van der Waals surface area contributed by atoms with Crippen LogP contribution in [0.4, 0.5) is 0 Å². The lowest BCUT2D eigenvalue weighted by Gasteiger charge is -2.06. The molecule has 0 atom stereocenters. The third-order valence-electron chi connectivity index (χ3n) is 3.67. The summed E-state index contributed by atoms with van der Waals surface area (Å²) in [7, 11) is 0. The van der Waals surface area contributed by atoms with Crippen molar-refractivity contribution < 1.29 is 4.79 Å². The van der Waals surface area contributed by atoms with Crippen LogP contribution in [-0.4, -0.2) is 32.6 Å². The van der Waals surface area contributed by atoms with Gasteiger partial charge >= 0.3 is 0 Å². The number of hydrazone groups is 1. The summed E-state index contributed by atoms with van der Waals surface area (Å²) in [5.41, 5.74) is 4.71. The van der Waals surface area contributed by atoms with Gasteiger partial charge in [0.1, 0.15) is 0 Å². The molecule has 3 rings (SSSR count). The maximum Gasteiger partial charge on any atom is 0.250 e. The van der Waals surface area contributed by atoms with Crippen LogP contribution in [0.5, 0.6) is 0 Å². The van der Waals surface area contributed by atoms with E-state index in [0.717, 1.165) is 33.5 Å². The number of carbonyl (C=O) groups excluding carboxylic acids is 1. The number of aryl methyl sites for hydroxylation is 1. The zero-order valence-corrected chi connectivity index (χ0v) is 16.2. The molecule has 0 fully saturated rings. The van der Waals surface area contributed by atoms with Gasteiger partial charge in [0, 0.05) is 17.0 Å². The molecule has 0 spiro atoms. The van der Waals surface area contributed by atoms with Gasteiger partial charge in [0.15, 0.2) is 11.0 Å². The standard InChI is InChI=1S/C18H19N5OS2/c1-3-23-17(14-7-5-4-6-8-14)21-22-18(23)26-12-16(24)20-19-11-15-13(2)9-10-25-15/h4-11H,3,12H2,1-2H3,(H,20,24)/b19-11-. The molecule has 0 bridgehead atoms. The smallest absolute Gasteiger partial charge is 0.250 e. The highest BCUT2D eigenvalue weighted by Gasteiger charge is 2.14. The molecule has 3 aromatic rings. The van der Waals surface area contributed by atoms with Gasteiger partial charge in [-0.3, -0.25) is 4.79 Å². The van der Waals surface area contributed by atoms with E-state index >= 15 is 0 Å². The van der Waals surface area contributed by atoms with Crippen molar-refractivity contribution in [3.63, 3.8) is 0 Å². The molecule has 134 valence electrons. The summed E-state index contributed by atoms with van der Waals surface area (Å²) >= 11 is 2.94. The minimum atomic E-state index is -0.174. The van der Waals surface area contributed by atoms with Crippen molar-refractivity contribution in [2.24, 2.45) is 5.10 Å². The lowest BCUT2D eigenvalue weighted by Crippen LogP contribution is -2.20. The molecular weight excluding hydrogens is 366 g/mol. The van der Waals surface area contributed by atoms with Gasteiger partial charge in [-0.2, -0.15) is 5.10 Å². The van der Waals surface area contributed by atoms with E-state index in [1.54, 1.807) is 17.6 Å². The molecule has 0 aliphatic rings. The van der Waals surface area contributed by atoms with Crippen LogP contribution in [-0.2, 0) is 11.3 Å². The number of thiophene rings is 1. The number of benzene rings is 1. The van der Waals surface area contributed by atoms with Gasteiger partial charge in [0.2, 0.25) is 0 Å². The van der Waals surface area contributed by atoms with Crippen molar-refractivity contribution in [3.05, 3.63) is 52.2 Å². The van der Waals surface area contributed by atoms with Crippen molar-refractivity contribution in [3.8, 4) is 11.4 Å². The van der Waals surface area contributed by atoms with E-state index in [2.05, 4.69) is 20.7 Å². The maximum atomic E-state index is 12.0. The van der Waals surface area contributed by atoms with Gasteiger partial charge in [-0.1, -0.05) is 42.1 Å². The van der Waals surface area contributed by atoms with Gasteiger partial charge in [-0.25, -0.2) is 5.43 Å². The SMILES string of the molecule is CCn1c(SCC(=O)N/N=C\c2sccc2C)nnc1-c1ccccc1. The summed E-state index contributed by atoms with van der Waals surface area (Å²) in [6.07, 6.45) is 1.67. The predicted octanol–water partition coefficient (Wildman–Crippen LogP) is 3.58. The van der Waals surface area contributed by atoms with Gasteiger partial charge in [-0.15, -0.1) is 21.5 Å². The number of aromatic nitrogens is 3. The third-order valence-corrected chi connectivity index (χ3v) is 5.59. The van der Waals surface area contributed by atoms with Crippen molar-refractivity contribution in [1.29, 1.82) is 0 Å². The zero-order chi connectivity index (χ0) is 18.4. The number of hydrogen-bond donors (Lipinski definition) is 1. The number of rotatable bonds is 7. The van der Waals surface area contributed by atoms with Gasteiger partial charge in [0.05, 0.1) is 12.0 Å². The number of thioether (sulfide) groups is 1. The molecule has 1 amide bonds. The largest absolute Gasteiger partial charge is 0.302 e. The normalized spacial score (nSPS) is 11.2. The lowest BCUT2D eigenvalue weighted by atomic mass is 10.2. The number of hydrogen-bond acceptors (Lipinski definition) is 6. The van der Waals surface area contributed by atoms with Crippen LogP contribution < -0.4 is 5.43 Å². The van der Waals surface area contributed by atoms with Crippen LogP contribution in [0.3, 0.4) is 0 Å². The van der Waals surface area contributed by atoms with Crippen LogP contribution >= 0.6 is 23.1 Å². The molecule has 0 radical (unpaired) electrons. The Hall–Kier alpha value is -2.45. The summed E-state index contributed by atoms with van der Waals surface area (Å²) in [6, 6.07) is 11.9. The van der Waals surface area contributed by atoms with E-state index in [1.165, 1.54) is 11.8 Å². The average Bonchev–Trinajstić information content (AvgIpc) is 3.26. The van der Waals surface area contributed by atoms with E-state index in [9.17, 15) is 4.79 Å². The molecule has 2 aromatic heterocycles. The molecule has 1 N–H and O–H groups in total. The number of nitrogens with zero attached hydrogens (tertiary/aromatic N) is 4. The molecule has 0 unspecified atom stereocenters. The molecule has 6 nitrogen and oxygen atoms in total. The Balaban J connectivity index is 1.59. The van der Waals surface area contributed by atoms with E-state index in [-0.39, 0.29) is 11.7 Å². The molecule has 0 aliphatic carbocycles. The highest BCUT2D eigenvalue weighted by Crippen LogP contribution is 2.23. The Morgan fingerprint density at radius 2 is 2.12 bits per heavy atom. The fourth-order valence-electron chi connectivity index (χ4n) is 2.32. The van der Waals surface area contributed by atoms with Crippen LogP contribution in [0.15, 0.2) is 52.0 Å². The van der Waals surface area contributed by atoms with Gasteiger partial charge in [0.25, 0.3) is 5.91 Å². The molecule has 0 saturated carbocycles. The first kappa shape index (κ1) is 18.3. The fraction of sp³-hybridized carbons (Fsp3) is 0.222. The van der Waals surface area contributed by atoms with E-state index < -0.39 is 0 Å². The summed E-state index contributed by atoms with van der Waals surface area (Å²) in [6.45, 7) is 4.78. The van der Waals surface area contributed by atoms with Crippen LogP contribution in [0.2, 0.25) is 0 Å². The second kappa shape index (κ2) is 8.77. The topological polar surface area (TPSA) is 72.2 Å². The first-order chi connectivity index (χ1) is 12.7. The Kier molecular flexibility index (Phi) is 6.19. The second-order valence-corrected chi connectivity index (χ2v) is 7.36. The Bertz CT molecular complexity index is 901. The fourth-order valence-corrected chi connectivity index (χ4v) is 3.90. The maximum absolute atomic E-state index is 12.0. The molecule has 0 aliphatic heterocycles. The van der Waals surface area contributed by atoms with E-state index in [4.69, 9.17) is 0 Å². The van der Waals surface area contributed by atoms with Gasteiger partial charge < -0.3 is 4.57 Å². The monoisotopic (exact) mass is 385 g/mol. The van der Waals surface area contributed by atoms with E-state index in [1.807, 2.05) is 60.2 Å². The summed E-state index contributed by atoms with van der Waals surface area (Å²) in [5, 5.41) is 15.2. The van der Waals surface area contributed by atoms with Gasteiger partial charge in [-0.05, 0) is 30.9 Å². The predicted molar refractivity (Wildman–Crippen MR) is 107 cm³/mol. The summed E-state index contributed by atoms with van der Waals surface area (Å²) in [4.78, 5) is 13.0. The average molecular weight is 386 g/mol. The molecule has 0 saturated heterocycles. The first-order valence-electron chi connectivity index (χ1n) is 8.16. The van der Waals surface area contributed by atoms with Crippen molar-refractivity contribution >= 4 is 35.2 Å². The molecule has 26 heavy (non-hydrogen) atoms. The summed E-state index contributed by atoms with van der Waals surface area (Å²) in [5.74, 6) is 0.864. The second-order valence-electron chi connectivity index (χ2n) is 5.47. The number of carbonyl (C=O) groups is 1. The molecule has 1 aromatic carbocycles. The zero-order valence-electron chi connectivity index (χ0n) is 14.5. The number of amides is 1. The van der Waals surface area contributed by atoms with Crippen molar-refractivity contribution in [1.82, 2.24) is 20.2 Å². The third kappa shape index (κ3) is 4.39. The Labute approximate surface area is 160 Å². The van der Waals surface area contributed by atoms with Crippen LogP contribution in [0, 0.1) is 6.92 Å². The summed E-state index contributed by atoms with van der Waals surface area (Å²) < 4.78 is 2.01. The van der Waals surface area contributed by atoms with Crippen LogP contribution in [0.25, 0.3) is 11.4 Å². The number of nitrogens with one attached hydrogen (secondary N) is 1. The molecule has 2 heterocycles. The Morgan fingerprint density at radius 3 is 2.81 bits per heavy atom. The molecule has 8 heteroatoms. The van der Waals surface area contributed by atoms with Crippen LogP contribution in [0.1, 0.15) is 17.4 Å². The lowest BCUT2D eigenvalue weighted by molar-refractivity contribution is -0.118. The van der Waals surface area contributed by atoms with Crippen molar-refractivity contribution in [2.75, 3.05) is 5.75 Å².